The maximum absolute atomic E-state index is 13.8. The normalized spacial score (nSPS) is 19.3. The molecular weight excluding hydrogens is 623 g/mol. The monoisotopic (exact) mass is 651 g/mol. The van der Waals surface area contributed by atoms with Crippen LogP contribution in [0.2, 0.25) is 5.02 Å². The third-order valence-corrected chi connectivity index (χ3v) is 10.1. The number of aryl methyl sites for hydroxylation is 3. The molecular formula is C29H29ClF3N5O5S. The van der Waals surface area contributed by atoms with Gasteiger partial charge >= 0.3 is 12.3 Å². The van der Waals surface area contributed by atoms with Crippen LogP contribution in [0.25, 0.3) is 0 Å². The number of hydrogen-bond acceptors (Lipinski definition) is 8. The standard InChI is InChI=1S/C29H29ClF3N5O5S/c1-19-13-25(38(36-19)12-9-20-5-3-2-4-6-20)37-16-22(15-26(37)43-27(39)35-28(17-34)10-11-28)44(40,41)24-8-7-21(14-23(24)30)42-18-29(31,32)33/h2-8,13-14,22,26H,9-12,15-16,18H2,1H3,(H,35,39)/t22-,26+/m1/s1. The van der Waals surface area contributed by atoms with Crippen LogP contribution in [0, 0.1) is 18.3 Å². The number of alkyl carbamates (subject to hydrolysis) is 1. The molecule has 2 aliphatic rings. The summed E-state index contributed by atoms with van der Waals surface area (Å²) in [5.74, 6) is 0.304. The molecule has 3 aromatic rings. The Kier molecular flexibility index (Phi) is 8.73. The second-order valence-corrected chi connectivity index (χ2v) is 13.4. The van der Waals surface area contributed by atoms with Crippen LogP contribution in [0.1, 0.15) is 30.5 Å². The highest BCUT2D eigenvalue weighted by molar-refractivity contribution is 7.92. The van der Waals surface area contributed by atoms with Crippen molar-refractivity contribution in [2.75, 3.05) is 18.1 Å². The van der Waals surface area contributed by atoms with E-state index in [-0.39, 0.29) is 28.6 Å². The number of nitriles is 1. The van der Waals surface area contributed by atoms with Crippen LogP contribution in [0.15, 0.2) is 59.5 Å². The molecule has 0 spiro atoms. The summed E-state index contributed by atoms with van der Waals surface area (Å²) in [6.07, 6.45) is -5.00. The van der Waals surface area contributed by atoms with Gasteiger partial charge in [-0.3, -0.25) is 0 Å². The molecule has 2 heterocycles. The summed E-state index contributed by atoms with van der Waals surface area (Å²) < 4.78 is 77.5. The molecule has 44 heavy (non-hydrogen) atoms. The van der Waals surface area contributed by atoms with E-state index in [0.29, 0.717) is 37.3 Å². The molecule has 0 bridgehead atoms. The van der Waals surface area contributed by atoms with Gasteiger partial charge in [0.15, 0.2) is 22.7 Å². The number of nitrogens with one attached hydrogen (secondary N) is 1. The third-order valence-electron chi connectivity index (χ3n) is 7.44. The van der Waals surface area contributed by atoms with Gasteiger partial charge in [-0.05, 0) is 43.9 Å². The first kappa shape index (κ1) is 31.5. The van der Waals surface area contributed by atoms with Gasteiger partial charge in [-0.1, -0.05) is 41.9 Å². The van der Waals surface area contributed by atoms with Crippen molar-refractivity contribution in [3.05, 3.63) is 70.9 Å². The van der Waals surface area contributed by atoms with Crippen molar-refractivity contribution in [3.8, 4) is 11.8 Å². The summed E-state index contributed by atoms with van der Waals surface area (Å²) in [4.78, 5) is 14.2. The number of rotatable bonds is 10. The van der Waals surface area contributed by atoms with Crippen LogP contribution in [0.3, 0.4) is 0 Å². The molecule has 5 rings (SSSR count). The van der Waals surface area contributed by atoms with Gasteiger partial charge in [0.1, 0.15) is 17.1 Å². The Hall–Kier alpha value is -3.96. The Morgan fingerprint density at radius 3 is 2.57 bits per heavy atom. The molecule has 1 N–H and O–H groups in total. The third kappa shape index (κ3) is 7.22. The lowest BCUT2D eigenvalue weighted by atomic mass is 10.1. The molecule has 1 saturated carbocycles. The van der Waals surface area contributed by atoms with E-state index < -0.39 is 45.7 Å². The van der Waals surface area contributed by atoms with E-state index in [0.717, 1.165) is 23.8 Å². The van der Waals surface area contributed by atoms with Gasteiger partial charge in [-0.25, -0.2) is 17.9 Å². The second-order valence-electron chi connectivity index (χ2n) is 10.8. The van der Waals surface area contributed by atoms with Crippen LogP contribution in [-0.2, 0) is 27.5 Å². The lowest BCUT2D eigenvalue weighted by Gasteiger charge is -2.27. The highest BCUT2D eigenvalue weighted by Crippen LogP contribution is 2.38. The van der Waals surface area contributed by atoms with Crippen molar-refractivity contribution in [1.29, 1.82) is 5.26 Å². The molecule has 1 aliphatic carbocycles. The molecule has 2 atom stereocenters. The molecule has 10 nitrogen and oxygen atoms in total. The number of carbonyl (C=O) groups is 1. The summed E-state index contributed by atoms with van der Waals surface area (Å²) in [5.41, 5.74) is 0.745. The van der Waals surface area contributed by atoms with Crippen LogP contribution in [0.5, 0.6) is 5.75 Å². The molecule has 0 unspecified atom stereocenters. The maximum Gasteiger partial charge on any atom is 0.422 e. The van der Waals surface area contributed by atoms with Crippen molar-refractivity contribution in [2.24, 2.45) is 0 Å². The minimum atomic E-state index is -4.58. The number of carbonyl (C=O) groups excluding carboxylic acids is 1. The fraction of sp³-hybridized carbons (Fsp3) is 0.414. The first-order chi connectivity index (χ1) is 20.8. The quantitative estimate of drug-likeness (QED) is 0.318. The molecule has 1 amide bonds. The smallest absolute Gasteiger partial charge is 0.422 e. The van der Waals surface area contributed by atoms with E-state index in [1.807, 2.05) is 30.3 Å². The lowest BCUT2D eigenvalue weighted by Crippen LogP contribution is -2.42. The van der Waals surface area contributed by atoms with Crippen molar-refractivity contribution in [1.82, 2.24) is 15.1 Å². The molecule has 234 valence electrons. The van der Waals surface area contributed by atoms with E-state index in [1.165, 1.54) is 0 Å². The van der Waals surface area contributed by atoms with Crippen molar-refractivity contribution in [2.45, 2.75) is 67.2 Å². The zero-order valence-electron chi connectivity index (χ0n) is 23.6. The maximum atomic E-state index is 13.8. The highest BCUT2D eigenvalue weighted by atomic mass is 35.5. The van der Waals surface area contributed by atoms with Crippen LogP contribution < -0.4 is 15.0 Å². The number of ether oxygens (including phenoxy) is 2. The number of hydrogen-bond donors (Lipinski definition) is 1. The number of aromatic nitrogens is 2. The van der Waals surface area contributed by atoms with Gasteiger partial charge in [0.2, 0.25) is 0 Å². The summed E-state index contributed by atoms with van der Waals surface area (Å²) in [6.45, 7) is 0.603. The predicted molar refractivity (Wildman–Crippen MR) is 154 cm³/mol. The number of benzene rings is 2. The molecule has 2 fully saturated rings. The van der Waals surface area contributed by atoms with E-state index in [9.17, 15) is 31.6 Å². The molecule has 15 heteroatoms. The number of amides is 1. The fourth-order valence-corrected chi connectivity index (χ4v) is 7.25. The van der Waals surface area contributed by atoms with Gasteiger partial charge in [-0.15, -0.1) is 0 Å². The predicted octanol–water partition coefficient (Wildman–Crippen LogP) is 5.19. The number of alkyl halides is 3. The zero-order chi connectivity index (χ0) is 31.7. The van der Waals surface area contributed by atoms with Gasteiger partial charge in [0.25, 0.3) is 0 Å². The van der Waals surface area contributed by atoms with Gasteiger partial charge in [0, 0.05) is 31.6 Å². The van der Waals surface area contributed by atoms with Crippen LogP contribution in [0.4, 0.5) is 23.8 Å². The summed E-state index contributed by atoms with van der Waals surface area (Å²) in [5, 5.41) is 15.1. The van der Waals surface area contributed by atoms with Crippen molar-refractivity contribution >= 4 is 33.3 Å². The number of anilines is 1. The highest BCUT2D eigenvalue weighted by Gasteiger charge is 2.48. The summed E-state index contributed by atoms with van der Waals surface area (Å²) in [7, 11) is -4.17. The van der Waals surface area contributed by atoms with Crippen molar-refractivity contribution < 1.29 is 35.9 Å². The Morgan fingerprint density at radius 2 is 1.93 bits per heavy atom. The average Bonchev–Trinajstić information content (AvgIpc) is 3.44. The summed E-state index contributed by atoms with van der Waals surface area (Å²) in [6, 6.07) is 16.8. The van der Waals surface area contributed by atoms with E-state index in [4.69, 9.17) is 21.1 Å². The molecule has 1 saturated heterocycles. The largest absolute Gasteiger partial charge is 0.484 e. The Morgan fingerprint density at radius 1 is 1.20 bits per heavy atom. The zero-order valence-corrected chi connectivity index (χ0v) is 25.1. The van der Waals surface area contributed by atoms with Crippen LogP contribution >= 0.6 is 11.6 Å². The SMILES string of the molecule is Cc1cc(N2C[C@H](S(=O)(=O)c3ccc(OCC(F)(F)F)cc3Cl)C[C@@H]2OC(=O)NC2(C#N)CC2)n(CCc2ccccc2)n1. The summed E-state index contributed by atoms with van der Waals surface area (Å²) >= 11 is 6.25. The molecule has 1 aromatic heterocycles. The minimum absolute atomic E-state index is 0.0944. The minimum Gasteiger partial charge on any atom is -0.484 e. The fourth-order valence-electron chi connectivity index (χ4n) is 5.03. The van der Waals surface area contributed by atoms with E-state index in [2.05, 4.69) is 16.5 Å². The van der Waals surface area contributed by atoms with E-state index in [1.54, 1.807) is 22.6 Å². The molecule has 2 aromatic carbocycles. The van der Waals surface area contributed by atoms with Gasteiger partial charge < -0.3 is 19.7 Å². The average molecular weight is 652 g/mol. The number of sulfone groups is 1. The lowest BCUT2D eigenvalue weighted by molar-refractivity contribution is -0.153. The number of nitrogens with zero attached hydrogens (tertiary/aromatic N) is 4. The molecule has 1 aliphatic heterocycles. The Labute approximate surface area is 257 Å². The molecule has 0 radical (unpaired) electrons. The van der Waals surface area contributed by atoms with Crippen LogP contribution in [-0.4, -0.2) is 60.6 Å². The second kappa shape index (κ2) is 12.2. The first-order valence-corrected chi connectivity index (χ1v) is 15.7. The first-order valence-electron chi connectivity index (χ1n) is 13.8. The number of halogens is 4. The Bertz CT molecular complexity index is 1670. The Balaban J connectivity index is 1.41. The topological polar surface area (TPSA) is 127 Å². The van der Waals surface area contributed by atoms with E-state index >= 15 is 0 Å². The van der Waals surface area contributed by atoms with Crippen molar-refractivity contribution in [3.63, 3.8) is 0 Å². The van der Waals surface area contributed by atoms with Gasteiger partial charge in [0.05, 0.1) is 26.9 Å². The van der Waals surface area contributed by atoms with Gasteiger partial charge in [-0.2, -0.15) is 23.5 Å².